The summed E-state index contributed by atoms with van der Waals surface area (Å²) < 4.78 is 18.5. The molecule has 0 spiro atoms. The Morgan fingerprint density at radius 2 is 2.19 bits per heavy atom. The van der Waals surface area contributed by atoms with E-state index in [2.05, 4.69) is 10.3 Å². The van der Waals surface area contributed by atoms with Gasteiger partial charge in [0.25, 0.3) is 0 Å². The highest BCUT2D eigenvalue weighted by atomic mass is 32.1. The van der Waals surface area contributed by atoms with Gasteiger partial charge in [-0.05, 0) is 37.1 Å². The number of nitrogens with zero attached hydrogens (tertiary/aromatic N) is 1. The topological polar surface area (TPSA) is 34.1 Å². The van der Waals surface area contributed by atoms with Crippen LogP contribution in [-0.2, 0) is 11.2 Å². The SMILES string of the molecule is Fc1ccc(-c2csc(CCNCC3CCCO3)n2)cc1. The number of aromatic nitrogens is 1. The second-order valence-corrected chi connectivity index (χ2v) is 6.17. The van der Waals surface area contributed by atoms with Crippen LogP contribution >= 0.6 is 11.3 Å². The van der Waals surface area contributed by atoms with Crippen molar-refractivity contribution in [3.05, 3.63) is 40.5 Å². The van der Waals surface area contributed by atoms with E-state index >= 15 is 0 Å². The Hall–Kier alpha value is -1.30. The first-order chi connectivity index (χ1) is 10.3. The molecule has 1 saturated heterocycles. The molecule has 1 aromatic heterocycles. The lowest BCUT2D eigenvalue weighted by Gasteiger charge is -2.09. The van der Waals surface area contributed by atoms with Crippen molar-refractivity contribution in [1.82, 2.24) is 10.3 Å². The predicted molar refractivity (Wildman–Crippen MR) is 83.1 cm³/mol. The summed E-state index contributed by atoms with van der Waals surface area (Å²) >= 11 is 1.66. The van der Waals surface area contributed by atoms with Crippen LogP contribution in [0.2, 0.25) is 0 Å². The van der Waals surface area contributed by atoms with Gasteiger partial charge in [0.1, 0.15) is 5.82 Å². The van der Waals surface area contributed by atoms with Crippen molar-refractivity contribution in [2.45, 2.75) is 25.4 Å². The Labute approximate surface area is 128 Å². The van der Waals surface area contributed by atoms with Crippen LogP contribution in [0.5, 0.6) is 0 Å². The van der Waals surface area contributed by atoms with E-state index in [4.69, 9.17) is 4.74 Å². The molecule has 0 amide bonds. The molecule has 2 aromatic rings. The van der Waals surface area contributed by atoms with Gasteiger partial charge in [-0.1, -0.05) is 0 Å². The Kier molecular flexibility index (Phi) is 4.95. The van der Waals surface area contributed by atoms with Crippen LogP contribution in [0.3, 0.4) is 0 Å². The molecule has 1 unspecified atom stereocenters. The van der Waals surface area contributed by atoms with E-state index in [0.29, 0.717) is 6.10 Å². The van der Waals surface area contributed by atoms with E-state index in [1.165, 1.54) is 25.0 Å². The van der Waals surface area contributed by atoms with Crippen molar-refractivity contribution in [1.29, 1.82) is 0 Å². The number of rotatable bonds is 6. The van der Waals surface area contributed by atoms with Gasteiger partial charge in [0.05, 0.1) is 16.8 Å². The van der Waals surface area contributed by atoms with Gasteiger partial charge in [0.2, 0.25) is 0 Å². The van der Waals surface area contributed by atoms with Crippen LogP contribution in [0.25, 0.3) is 11.3 Å². The van der Waals surface area contributed by atoms with E-state index in [1.807, 2.05) is 5.38 Å². The van der Waals surface area contributed by atoms with Gasteiger partial charge in [-0.3, -0.25) is 0 Å². The fourth-order valence-corrected chi connectivity index (χ4v) is 3.25. The summed E-state index contributed by atoms with van der Waals surface area (Å²) in [5, 5.41) is 6.56. The minimum atomic E-state index is -0.215. The first-order valence-electron chi connectivity index (χ1n) is 7.34. The number of nitrogens with one attached hydrogen (secondary N) is 1. The quantitative estimate of drug-likeness (QED) is 0.832. The molecule has 3 nitrogen and oxygen atoms in total. The van der Waals surface area contributed by atoms with Gasteiger partial charge in [0, 0.05) is 37.1 Å². The van der Waals surface area contributed by atoms with Crippen molar-refractivity contribution in [3.8, 4) is 11.3 Å². The summed E-state index contributed by atoms with van der Waals surface area (Å²) in [6.07, 6.45) is 3.65. The smallest absolute Gasteiger partial charge is 0.123 e. The molecule has 5 heteroatoms. The normalized spacial score (nSPS) is 18.2. The lowest BCUT2D eigenvalue weighted by Crippen LogP contribution is -2.27. The molecule has 21 heavy (non-hydrogen) atoms. The van der Waals surface area contributed by atoms with Gasteiger partial charge in [-0.15, -0.1) is 11.3 Å². The zero-order valence-corrected chi connectivity index (χ0v) is 12.7. The molecule has 0 bridgehead atoms. The summed E-state index contributed by atoms with van der Waals surface area (Å²) in [7, 11) is 0. The van der Waals surface area contributed by atoms with Crippen molar-refractivity contribution in [3.63, 3.8) is 0 Å². The number of hydrogen-bond acceptors (Lipinski definition) is 4. The first-order valence-corrected chi connectivity index (χ1v) is 8.22. The highest BCUT2D eigenvalue weighted by molar-refractivity contribution is 7.09. The van der Waals surface area contributed by atoms with Gasteiger partial charge in [-0.25, -0.2) is 9.37 Å². The summed E-state index contributed by atoms with van der Waals surface area (Å²) in [5.74, 6) is -0.215. The fourth-order valence-electron chi connectivity index (χ4n) is 2.44. The minimum Gasteiger partial charge on any atom is -0.377 e. The molecule has 1 aliphatic rings. The second kappa shape index (κ2) is 7.11. The third-order valence-electron chi connectivity index (χ3n) is 3.60. The maximum Gasteiger partial charge on any atom is 0.123 e. The van der Waals surface area contributed by atoms with Crippen LogP contribution in [0.15, 0.2) is 29.6 Å². The van der Waals surface area contributed by atoms with E-state index in [0.717, 1.165) is 42.4 Å². The number of thiazole rings is 1. The molecule has 112 valence electrons. The third-order valence-corrected chi connectivity index (χ3v) is 4.51. The molecule has 1 aliphatic heterocycles. The van der Waals surface area contributed by atoms with Crippen molar-refractivity contribution in [2.75, 3.05) is 19.7 Å². The average Bonchev–Trinajstić information content (AvgIpc) is 3.16. The Morgan fingerprint density at radius 3 is 2.95 bits per heavy atom. The number of ether oxygens (including phenoxy) is 1. The molecule has 1 atom stereocenters. The zero-order valence-electron chi connectivity index (χ0n) is 11.8. The second-order valence-electron chi connectivity index (χ2n) is 5.22. The van der Waals surface area contributed by atoms with Gasteiger partial charge >= 0.3 is 0 Å². The first kappa shape index (κ1) is 14.6. The highest BCUT2D eigenvalue weighted by Crippen LogP contribution is 2.22. The average molecular weight is 306 g/mol. The molecule has 1 aromatic carbocycles. The Bertz CT molecular complexity index is 564. The summed E-state index contributed by atoms with van der Waals surface area (Å²) in [6.45, 7) is 2.74. The zero-order chi connectivity index (χ0) is 14.5. The summed E-state index contributed by atoms with van der Waals surface area (Å²) in [5.41, 5.74) is 1.89. The highest BCUT2D eigenvalue weighted by Gasteiger charge is 2.14. The fraction of sp³-hybridized carbons (Fsp3) is 0.438. The third kappa shape index (κ3) is 4.09. The van der Waals surface area contributed by atoms with Crippen molar-refractivity contribution < 1.29 is 9.13 Å². The largest absolute Gasteiger partial charge is 0.377 e. The van der Waals surface area contributed by atoms with E-state index in [9.17, 15) is 4.39 Å². The number of hydrogen-bond donors (Lipinski definition) is 1. The molecule has 2 heterocycles. The molecule has 1 N–H and O–H groups in total. The summed E-state index contributed by atoms with van der Waals surface area (Å²) in [6, 6.07) is 6.47. The molecular weight excluding hydrogens is 287 g/mol. The standard InChI is InChI=1S/C16H19FN2OS/c17-13-5-3-12(4-6-13)15-11-21-16(19-15)7-8-18-10-14-2-1-9-20-14/h3-6,11,14,18H,1-2,7-10H2. The van der Waals surface area contributed by atoms with Gasteiger partial charge in [0.15, 0.2) is 0 Å². The van der Waals surface area contributed by atoms with Gasteiger partial charge in [-0.2, -0.15) is 0 Å². The Balaban J connectivity index is 1.47. The van der Waals surface area contributed by atoms with Crippen molar-refractivity contribution >= 4 is 11.3 Å². The van der Waals surface area contributed by atoms with Crippen LogP contribution < -0.4 is 5.32 Å². The molecule has 0 aliphatic carbocycles. The molecule has 3 rings (SSSR count). The van der Waals surface area contributed by atoms with E-state index in [1.54, 1.807) is 23.5 Å². The molecule has 0 saturated carbocycles. The lowest BCUT2D eigenvalue weighted by atomic mass is 10.2. The van der Waals surface area contributed by atoms with Crippen LogP contribution in [-0.4, -0.2) is 30.8 Å². The number of benzene rings is 1. The maximum atomic E-state index is 12.9. The van der Waals surface area contributed by atoms with Crippen LogP contribution in [0.4, 0.5) is 4.39 Å². The Morgan fingerprint density at radius 1 is 1.33 bits per heavy atom. The maximum absolute atomic E-state index is 12.9. The number of halogens is 1. The van der Waals surface area contributed by atoms with Crippen LogP contribution in [0.1, 0.15) is 17.8 Å². The lowest BCUT2D eigenvalue weighted by molar-refractivity contribution is 0.110. The van der Waals surface area contributed by atoms with Gasteiger partial charge < -0.3 is 10.1 Å². The molecular formula is C16H19FN2OS. The van der Waals surface area contributed by atoms with E-state index in [-0.39, 0.29) is 5.82 Å². The molecule has 1 fully saturated rings. The van der Waals surface area contributed by atoms with Crippen molar-refractivity contribution in [2.24, 2.45) is 0 Å². The molecule has 0 radical (unpaired) electrons. The van der Waals surface area contributed by atoms with E-state index < -0.39 is 0 Å². The minimum absolute atomic E-state index is 0.215. The monoisotopic (exact) mass is 306 g/mol. The predicted octanol–water partition coefficient (Wildman–Crippen LogP) is 3.26. The summed E-state index contributed by atoms with van der Waals surface area (Å²) in [4.78, 5) is 4.60. The van der Waals surface area contributed by atoms with Crippen LogP contribution in [0, 0.1) is 5.82 Å².